The number of benzene rings is 3. The Hall–Kier alpha value is -2.79. The van der Waals surface area contributed by atoms with E-state index in [0.29, 0.717) is 21.3 Å². The first-order chi connectivity index (χ1) is 15.0. The molecule has 1 aromatic heterocycles. The predicted octanol–water partition coefficient (Wildman–Crippen LogP) is 7.70. The van der Waals surface area contributed by atoms with E-state index in [4.69, 9.17) is 23.2 Å². The molecule has 0 aliphatic heterocycles. The van der Waals surface area contributed by atoms with Crippen molar-refractivity contribution < 1.29 is 4.79 Å². The Labute approximate surface area is 195 Å². The molecule has 0 saturated carbocycles. The van der Waals surface area contributed by atoms with Crippen molar-refractivity contribution in [1.82, 2.24) is 4.98 Å². The van der Waals surface area contributed by atoms with E-state index in [1.165, 1.54) is 0 Å². The predicted molar refractivity (Wildman–Crippen MR) is 131 cm³/mol. The Morgan fingerprint density at radius 1 is 0.903 bits per heavy atom. The lowest BCUT2D eigenvalue weighted by Crippen LogP contribution is -2.13. The molecule has 3 nitrogen and oxygen atoms in total. The summed E-state index contributed by atoms with van der Waals surface area (Å²) in [6.07, 6.45) is 3.74. The number of hydrogen-bond donors (Lipinski definition) is 1. The zero-order chi connectivity index (χ0) is 21.8. The smallest absolute Gasteiger partial charge is 0.256 e. The van der Waals surface area contributed by atoms with E-state index in [-0.39, 0.29) is 5.91 Å². The minimum absolute atomic E-state index is 0.216. The minimum Gasteiger partial charge on any atom is -0.322 e. The SMILES string of the molecule is CSc1ccc(C(=O)Nc2cccc(-c3ccccn3)c2)c(-c2ccc(Cl)cc2Cl)c1. The molecular formula is C25H18Cl2N2OS. The van der Waals surface area contributed by atoms with Gasteiger partial charge in [0.2, 0.25) is 0 Å². The molecule has 0 aliphatic carbocycles. The second kappa shape index (κ2) is 9.56. The Bertz CT molecular complexity index is 1250. The first-order valence-electron chi connectivity index (χ1n) is 9.51. The van der Waals surface area contributed by atoms with Gasteiger partial charge in [0.25, 0.3) is 5.91 Å². The van der Waals surface area contributed by atoms with Crippen LogP contribution in [0.15, 0.2) is 90.0 Å². The van der Waals surface area contributed by atoms with Gasteiger partial charge in [-0.2, -0.15) is 0 Å². The second-order valence-electron chi connectivity index (χ2n) is 6.79. The van der Waals surface area contributed by atoms with Crippen molar-refractivity contribution in [3.63, 3.8) is 0 Å². The third kappa shape index (κ3) is 4.93. The Morgan fingerprint density at radius 3 is 2.52 bits per heavy atom. The van der Waals surface area contributed by atoms with Crippen molar-refractivity contribution in [3.8, 4) is 22.4 Å². The van der Waals surface area contributed by atoms with Crippen molar-refractivity contribution in [3.05, 3.63) is 101 Å². The largest absolute Gasteiger partial charge is 0.322 e. The number of nitrogens with zero attached hydrogens (tertiary/aromatic N) is 1. The van der Waals surface area contributed by atoms with Gasteiger partial charge >= 0.3 is 0 Å². The van der Waals surface area contributed by atoms with E-state index in [2.05, 4.69) is 10.3 Å². The van der Waals surface area contributed by atoms with Gasteiger partial charge in [0.05, 0.1) is 5.69 Å². The zero-order valence-corrected chi connectivity index (χ0v) is 18.9. The molecule has 6 heteroatoms. The van der Waals surface area contributed by atoms with Crippen molar-refractivity contribution in [1.29, 1.82) is 0 Å². The number of carbonyl (C=O) groups excluding carboxylic acids is 1. The lowest BCUT2D eigenvalue weighted by Gasteiger charge is -2.14. The Kier molecular flexibility index (Phi) is 6.62. The molecule has 1 N–H and O–H groups in total. The van der Waals surface area contributed by atoms with Crippen molar-refractivity contribution in [2.24, 2.45) is 0 Å². The lowest BCUT2D eigenvalue weighted by molar-refractivity contribution is 0.102. The first-order valence-corrected chi connectivity index (χ1v) is 11.5. The van der Waals surface area contributed by atoms with Crippen molar-refractivity contribution in [2.75, 3.05) is 11.6 Å². The number of aromatic nitrogens is 1. The van der Waals surface area contributed by atoms with Crippen LogP contribution in [-0.2, 0) is 0 Å². The topological polar surface area (TPSA) is 42.0 Å². The molecule has 31 heavy (non-hydrogen) atoms. The highest BCUT2D eigenvalue weighted by atomic mass is 35.5. The molecule has 154 valence electrons. The van der Waals surface area contributed by atoms with Gasteiger partial charge in [-0.15, -0.1) is 11.8 Å². The lowest BCUT2D eigenvalue weighted by atomic mass is 9.99. The van der Waals surface area contributed by atoms with Crippen LogP contribution in [0, 0.1) is 0 Å². The highest BCUT2D eigenvalue weighted by Crippen LogP contribution is 2.35. The number of nitrogens with one attached hydrogen (secondary N) is 1. The van der Waals surface area contributed by atoms with Gasteiger partial charge in [0.15, 0.2) is 0 Å². The fourth-order valence-corrected chi connectivity index (χ4v) is 4.22. The number of rotatable bonds is 5. The molecule has 0 bridgehead atoms. The van der Waals surface area contributed by atoms with Crippen LogP contribution >= 0.6 is 35.0 Å². The third-order valence-electron chi connectivity index (χ3n) is 4.77. The average molecular weight is 465 g/mol. The summed E-state index contributed by atoms with van der Waals surface area (Å²) in [5, 5.41) is 4.05. The molecule has 0 spiro atoms. The van der Waals surface area contributed by atoms with Gasteiger partial charge < -0.3 is 5.32 Å². The molecule has 0 atom stereocenters. The van der Waals surface area contributed by atoms with Crippen molar-refractivity contribution >= 4 is 46.6 Å². The Morgan fingerprint density at radius 2 is 1.77 bits per heavy atom. The van der Waals surface area contributed by atoms with Crippen LogP contribution in [0.1, 0.15) is 10.4 Å². The van der Waals surface area contributed by atoms with Gasteiger partial charge in [0.1, 0.15) is 0 Å². The van der Waals surface area contributed by atoms with E-state index in [9.17, 15) is 4.79 Å². The van der Waals surface area contributed by atoms with E-state index in [1.807, 2.05) is 73.0 Å². The standard InChI is InChI=1S/C25H18Cl2N2OS/c1-31-19-9-11-21(22(15-19)20-10-8-17(26)14-23(20)27)25(30)29-18-6-4-5-16(13-18)24-7-2-3-12-28-24/h2-15H,1H3,(H,29,30). The molecule has 4 rings (SSSR count). The van der Waals surface area contributed by atoms with Gasteiger partial charge in [-0.1, -0.05) is 47.5 Å². The number of carbonyl (C=O) groups is 1. The van der Waals surface area contributed by atoms with Crippen molar-refractivity contribution in [2.45, 2.75) is 4.90 Å². The average Bonchev–Trinajstić information content (AvgIpc) is 2.79. The minimum atomic E-state index is -0.216. The Balaban J connectivity index is 1.69. The fourth-order valence-electron chi connectivity index (χ4n) is 3.27. The maximum Gasteiger partial charge on any atom is 0.256 e. The summed E-state index contributed by atoms with van der Waals surface area (Å²) in [4.78, 5) is 18.6. The summed E-state index contributed by atoms with van der Waals surface area (Å²) in [7, 11) is 0. The molecule has 0 unspecified atom stereocenters. The van der Waals surface area contributed by atoms with E-state index >= 15 is 0 Å². The quantitative estimate of drug-likeness (QED) is 0.307. The van der Waals surface area contributed by atoms with Crippen LogP contribution in [-0.4, -0.2) is 17.1 Å². The van der Waals surface area contributed by atoms with Crippen LogP contribution < -0.4 is 5.32 Å². The third-order valence-corrected chi connectivity index (χ3v) is 6.05. The zero-order valence-electron chi connectivity index (χ0n) is 16.6. The van der Waals surface area contributed by atoms with Gasteiger partial charge in [-0.3, -0.25) is 9.78 Å². The number of pyridine rings is 1. The molecule has 3 aromatic carbocycles. The van der Waals surface area contributed by atoms with Crippen LogP contribution in [0.3, 0.4) is 0 Å². The normalized spacial score (nSPS) is 10.7. The van der Waals surface area contributed by atoms with E-state index in [1.54, 1.807) is 30.1 Å². The molecular weight excluding hydrogens is 447 g/mol. The molecule has 0 fully saturated rings. The maximum atomic E-state index is 13.2. The van der Waals surface area contributed by atoms with E-state index < -0.39 is 0 Å². The second-order valence-corrected chi connectivity index (χ2v) is 8.51. The number of amides is 1. The number of halogens is 2. The van der Waals surface area contributed by atoms with Crippen LogP contribution in [0.2, 0.25) is 10.0 Å². The molecule has 0 aliphatic rings. The summed E-state index contributed by atoms with van der Waals surface area (Å²) < 4.78 is 0. The molecule has 1 amide bonds. The summed E-state index contributed by atoms with van der Waals surface area (Å²) in [5.41, 5.74) is 4.51. The molecule has 0 radical (unpaired) electrons. The highest BCUT2D eigenvalue weighted by Gasteiger charge is 2.16. The van der Waals surface area contributed by atoms with Gasteiger partial charge in [-0.05, 0) is 66.4 Å². The monoisotopic (exact) mass is 464 g/mol. The highest BCUT2D eigenvalue weighted by molar-refractivity contribution is 7.98. The number of thioether (sulfide) groups is 1. The summed E-state index contributed by atoms with van der Waals surface area (Å²) in [6, 6.07) is 24.4. The summed E-state index contributed by atoms with van der Waals surface area (Å²) in [6.45, 7) is 0. The molecule has 1 heterocycles. The van der Waals surface area contributed by atoms with Crippen LogP contribution in [0.5, 0.6) is 0 Å². The van der Waals surface area contributed by atoms with Crippen LogP contribution in [0.4, 0.5) is 5.69 Å². The van der Waals surface area contributed by atoms with E-state index in [0.717, 1.165) is 27.3 Å². The number of hydrogen-bond acceptors (Lipinski definition) is 3. The maximum absolute atomic E-state index is 13.2. The molecule has 0 saturated heterocycles. The summed E-state index contributed by atoms with van der Waals surface area (Å²) >= 11 is 14.1. The van der Waals surface area contributed by atoms with Crippen LogP contribution in [0.25, 0.3) is 22.4 Å². The number of anilines is 1. The molecule has 4 aromatic rings. The van der Waals surface area contributed by atoms with Gasteiger partial charge in [0, 0.05) is 43.5 Å². The van der Waals surface area contributed by atoms with Gasteiger partial charge in [-0.25, -0.2) is 0 Å². The first kappa shape index (κ1) is 21.4. The fraction of sp³-hybridized carbons (Fsp3) is 0.0400. The summed E-state index contributed by atoms with van der Waals surface area (Å²) in [5.74, 6) is -0.216.